The summed E-state index contributed by atoms with van der Waals surface area (Å²) in [6.45, 7) is 8.77. The molecule has 0 aromatic heterocycles. The first-order valence-corrected chi connectivity index (χ1v) is 7.05. The smallest absolute Gasteiger partial charge is 0.120 e. The van der Waals surface area contributed by atoms with Crippen LogP contribution < -0.4 is 5.32 Å². The summed E-state index contributed by atoms with van der Waals surface area (Å²) in [5, 5.41) is 22.8. The molecule has 3 N–H and O–H groups in total. The second-order valence-corrected chi connectivity index (χ2v) is 6.12. The normalized spacial score (nSPS) is 15.2. The number of aromatic hydroxyl groups is 1. The first-order valence-electron chi connectivity index (χ1n) is 7.05. The molecule has 1 rings (SSSR count). The molecule has 0 radical (unpaired) electrons. The fourth-order valence-corrected chi connectivity index (χ4v) is 2.35. The average molecular weight is 265 g/mol. The Morgan fingerprint density at radius 3 is 2.32 bits per heavy atom. The molecular formula is C16H27NO2. The first-order chi connectivity index (χ1) is 8.90. The third-order valence-electron chi connectivity index (χ3n) is 3.59. The molecule has 19 heavy (non-hydrogen) atoms. The van der Waals surface area contributed by atoms with Gasteiger partial charge in [0.15, 0.2) is 0 Å². The van der Waals surface area contributed by atoms with Crippen molar-refractivity contribution in [2.75, 3.05) is 6.61 Å². The predicted molar refractivity (Wildman–Crippen MR) is 79.2 cm³/mol. The van der Waals surface area contributed by atoms with E-state index in [0.29, 0.717) is 12.2 Å². The van der Waals surface area contributed by atoms with Crippen molar-refractivity contribution in [1.82, 2.24) is 5.32 Å². The Balaban J connectivity index is 2.89. The molecule has 1 aromatic carbocycles. The Morgan fingerprint density at radius 1 is 1.21 bits per heavy atom. The molecule has 1 aromatic rings. The van der Waals surface area contributed by atoms with Crippen molar-refractivity contribution in [2.24, 2.45) is 5.41 Å². The largest absolute Gasteiger partial charge is 0.508 e. The van der Waals surface area contributed by atoms with Crippen LogP contribution in [0.25, 0.3) is 0 Å². The van der Waals surface area contributed by atoms with Gasteiger partial charge in [-0.2, -0.15) is 0 Å². The summed E-state index contributed by atoms with van der Waals surface area (Å²) in [6.07, 6.45) is 1.61. The molecule has 2 unspecified atom stereocenters. The van der Waals surface area contributed by atoms with Crippen molar-refractivity contribution in [3.05, 3.63) is 29.8 Å². The molecule has 0 fully saturated rings. The maximum atomic E-state index is 9.97. The van der Waals surface area contributed by atoms with Crippen molar-refractivity contribution in [1.29, 1.82) is 0 Å². The number of aliphatic hydroxyl groups is 1. The van der Waals surface area contributed by atoms with Gasteiger partial charge in [0.2, 0.25) is 0 Å². The summed E-state index contributed by atoms with van der Waals surface area (Å²) in [6, 6.07) is 7.77. The summed E-state index contributed by atoms with van der Waals surface area (Å²) in [4.78, 5) is 0. The summed E-state index contributed by atoms with van der Waals surface area (Å²) in [5.74, 6) is 0.332. The van der Waals surface area contributed by atoms with Crippen LogP contribution in [-0.2, 0) is 0 Å². The van der Waals surface area contributed by atoms with Gasteiger partial charge >= 0.3 is 0 Å². The molecule has 108 valence electrons. The van der Waals surface area contributed by atoms with Gasteiger partial charge in [0, 0.05) is 24.3 Å². The van der Waals surface area contributed by atoms with Crippen molar-refractivity contribution in [3.8, 4) is 5.75 Å². The van der Waals surface area contributed by atoms with Gasteiger partial charge < -0.3 is 15.5 Å². The zero-order chi connectivity index (χ0) is 14.5. The van der Waals surface area contributed by atoms with Gasteiger partial charge in [-0.05, 0) is 24.3 Å². The number of nitrogens with one attached hydrogen (secondary N) is 1. The minimum absolute atomic E-state index is 0.0700. The van der Waals surface area contributed by atoms with E-state index in [1.807, 2.05) is 18.2 Å². The number of phenols is 1. The first kappa shape index (κ1) is 16.0. The van der Waals surface area contributed by atoms with Crippen molar-refractivity contribution < 1.29 is 10.2 Å². The molecule has 0 aliphatic heterocycles. The van der Waals surface area contributed by atoms with Crippen LogP contribution in [0.15, 0.2) is 24.3 Å². The monoisotopic (exact) mass is 265 g/mol. The number of hydrogen-bond donors (Lipinski definition) is 3. The van der Waals surface area contributed by atoms with Gasteiger partial charge in [-0.1, -0.05) is 45.9 Å². The topological polar surface area (TPSA) is 52.5 Å². The highest BCUT2D eigenvalue weighted by molar-refractivity contribution is 5.34. The van der Waals surface area contributed by atoms with Gasteiger partial charge in [-0.15, -0.1) is 0 Å². The highest BCUT2D eigenvalue weighted by Crippen LogP contribution is 2.30. The summed E-state index contributed by atoms with van der Waals surface area (Å²) in [7, 11) is 0. The lowest BCUT2D eigenvalue weighted by Crippen LogP contribution is -2.42. The number of phenolic OH excluding ortho intramolecular Hbond substituents is 1. The maximum absolute atomic E-state index is 9.97. The lowest BCUT2D eigenvalue weighted by Gasteiger charge is -2.35. The number of aliphatic hydroxyl groups excluding tert-OH is 1. The Hall–Kier alpha value is -1.06. The molecule has 3 heteroatoms. The lowest BCUT2D eigenvalue weighted by atomic mass is 9.84. The Labute approximate surface area is 116 Å². The van der Waals surface area contributed by atoms with Crippen LogP contribution >= 0.6 is 0 Å². The van der Waals surface area contributed by atoms with E-state index in [-0.39, 0.29) is 24.1 Å². The van der Waals surface area contributed by atoms with E-state index in [9.17, 15) is 10.2 Å². The van der Waals surface area contributed by atoms with Crippen LogP contribution in [-0.4, -0.2) is 22.9 Å². The quantitative estimate of drug-likeness (QED) is 0.740. The minimum Gasteiger partial charge on any atom is -0.508 e. The fraction of sp³-hybridized carbons (Fsp3) is 0.625. The maximum Gasteiger partial charge on any atom is 0.120 e. The molecule has 0 aliphatic carbocycles. The highest BCUT2D eigenvalue weighted by Gasteiger charge is 2.27. The number of hydrogen-bond acceptors (Lipinski definition) is 3. The van der Waals surface area contributed by atoms with Gasteiger partial charge in [-0.3, -0.25) is 0 Å². The van der Waals surface area contributed by atoms with E-state index >= 15 is 0 Å². The molecule has 0 saturated heterocycles. The van der Waals surface area contributed by atoms with Crippen LogP contribution in [0.1, 0.15) is 52.1 Å². The van der Waals surface area contributed by atoms with Gasteiger partial charge in [0.25, 0.3) is 0 Å². The number of rotatable bonds is 6. The van der Waals surface area contributed by atoms with E-state index in [1.165, 1.54) is 0 Å². The molecular weight excluding hydrogens is 238 g/mol. The second-order valence-electron chi connectivity index (χ2n) is 6.12. The number of benzene rings is 1. The van der Waals surface area contributed by atoms with E-state index < -0.39 is 0 Å². The van der Waals surface area contributed by atoms with E-state index in [0.717, 1.165) is 12.0 Å². The molecule has 0 spiro atoms. The van der Waals surface area contributed by atoms with Crippen molar-refractivity contribution in [2.45, 2.75) is 52.6 Å². The summed E-state index contributed by atoms with van der Waals surface area (Å²) >= 11 is 0. The van der Waals surface area contributed by atoms with Crippen LogP contribution in [0.2, 0.25) is 0 Å². The third kappa shape index (κ3) is 4.51. The van der Waals surface area contributed by atoms with Crippen LogP contribution in [0.4, 0.5) is 0 Å². The molecule has 0 amide bonds. The Bertz CT molecular complexity index is 385. The highest BCUT2D eigenvalue weighted by atomic mass is 16.3. The van der Waals surface area contributed by atoms with Crippen LogP contribution in [0, 0.1) is 5.41 Å². The van der Waals surface area contributed by atoms with E-state index in [1.54, 1.807) is 6.07 Å². The number of para-hydroxylation sites is 1. The van der Waals surface area contributed by atoms with E-state index in [4.69, 9.17) is 0 Å². The SMILES string of the molecule is CCC(NC(CCO)C(C)(C)C)c1ccccc1O. The van der Waals surface area contributed by atoms with Gasteiger partial charge in [-0.25, -0.2) is 0 Å². The summed E-state index contributed by atoms with van der Waals surface area (Å²) in [5.41, 5.74) is 0.998. The molecule has 0 saturated carbocycles. The van der Waals surface area contributed by atoms with Crippen LogP contribution in [0.3, 0.4) is 0 Å². The zero-order valence-electron chi connectivity index (χ0n) is 12.5. The standard InChI is InChI=1S/C16H27NO2/c1-5-13(12-8-6-7-9-14(12)19)17-15(10-11-18)16(2,3)4/h6-9,13,15,17-19H,5,10-11H2,1-4H3. The predicted octanol–water partition coefficient (Wildman–Crippen LogP) is 3.23. The Morgan fingerprint density at radius 2 is 1.84 bits per heavy atom. The summed E-state index contributed by atoms with van der Waals surface area (Å²) < 4.78 is 0. The van der Waals surface area contributed by atoms with E-state index in [2.05, 4.69) is 33.0 Å². The fourth-order valence-electron chi connectivity index (χ4n) is 2.35. The van der Waals surface area contributed by atoms with Gasteiger partial charge in [0.1, 0.15) is 5.75 Å². The second kappa shape index (κ2) is 6.92. The molecule has 0 heterocycles. The molecule has 0 bridgehead atoms. The molecule has 3 nitrogen and oxygen atoms in total. The van der Waals surface area contributed by atoms with Gasteiger partial charge in [0.05, 0.1) is 0 Å². The van der Waals surface area contributed by atoms with Crippen molar-refractivity contribution >= 4 is 0 Å². The lowest BCUT2D eigenvalue weighted by molar-refractivity contribution is 0.183. The van der Waals surface area contributed by atoms with Crippen LogP contribution in [0.5, 0.6) is 5.75 Å². The average Bonchev–Trinajstić information content (AvgIpc) is 2.34. The Kier molecular flexibility index (Phi) is 5.83. The minimum atomic E-state index is 0.0700. The zero-order valence-corrected chi connectivity index (χ0v) is 12.5. The molecule has 0 aliphatic rings. The third-order valence-corrected chi connectivity index (χ3v) is 3.59. The molecule has 2 atom stereocenters. The van der Waals surface area contributed by atoms with Crippen molar-refractivity contribution in [3.63, 3.8) is 0 Å².